The number of amides is 1. The summed E-state index contributed by atoms with van der Waals surface area (Å²) in [6.45, 7) is -0.0867. The number of carbonyl (C=O) groups excluding carboxylic acids is 1. The fourth-order valence-electron chi connectivity index (χ4n) is 2.97. The number of hydrogen-bond donors (Lipinski definition) is 2. The molecule has 0 aromatic heterocycles. The predicted molar refractivity (Wildman–Crippen MR) is 63.3 cm³/mol. The summed E-state index contributed by atoms with van der Waals surface area (Å²) in [6.07, 6.45) is -1.000. The van der Waals surface area contributed by atoms with Crippen molar-refractivity contribution in [2.75, 3.05) is 6.61 Å². The monoisotopic (exact) mass is 279 g/mol. The number of carbonyl (C=O) groups is 1. The molecule has 19 heavy (non-hydrogen) atoms. The highest BCUT2D eigenvalue weighted by Crippen LogP contribution is 2.40. The first kappa shape index (κ1) is 14.6. The number of halogens is 3. The fraction of sp³-hybridized carbons (Fsp3) is 0.923. The molecule has 0 spiro atoms. The zero-order valence-corrected chi connectivity index (χ0v) is 10.8. The summed E-state index contributed by atoms with van der Waals surface area (Å²) in [6, 6.07) is 0. The van der Waals surface area contributed by atoms with Gasteiger partial charge in [0.15, 0.2) is 0 Å². The number of alkyl halides is 3. The van der Waals surface area contributed by atoms with Crippen LogP contribution >= 0.6 is 0 Å². The van der Waals surface area contributed by atoms with E-state index in [4.69, 9.17) is 0 Å². The normalized spacial score (nSPS) is 30.5. The maximum Gasteiger partial charge on any atom is 0.391 e. The Morgan fingerprint density at radius 3 is 2.16 bits per heavy atom. The third-order valence-corrected chi connectivity index (χ3v) is 4.56. The Morgan fingerprint density at radius 1 is 1.21 bits per heavy atom. The van der Waals surface area contributed by atoms with E-state index in [0.29, 0.717) is 0 Å². The summed E-state index contributed by atoms with van der Waals surface area (Å²) in [5.41, 5.74) is -0.502. The second kappa shape index (κ2) is 5.31. The molecule has 6 heteroatoms. The van der Waals surface area contributed by atoms with Gasteiger partial charge in [-0.3, -0.25) is 4.79 Å². The largest absolute Gasteiger partial charge is 0.394 e. The van der Waals surface area contributed by atoms with E-state index >= 15 is 0 Å². The standard InChI is InChI=1S/C13H20F3NO2/c14-13(15,16)10-4-2-9(3-5-10)11(19)17-12(8-18)6-1-7-12/h9-10,18H,1-8H2,(H,17,19). The van der Waals surface area contributed by atoms with Crippen molar-refractivity contribution < 1.29 is 23.1 Å². The molecule has 0 aliphatic heterocycles. The zero-order valence-electron chi connectivity index (χ0n) is 10.8. The molecule has 2 rings (SSSR count). The fourth-order valence-corrected chi connectivity index (χ4v) is 2.97. The molecule has 2 N–H and O–H groups in total. The van der Waals surface area contributed by atoms with E-state index in [-0.39, 0.29) is 44.1 Å². The van der Waals surface area contributed by atoms with E-state index in [2.05, 4.69) is 5.32 Å². The van der Waals surface area contributed by atoms with Gasteiger partial charge in [0.25, 0.3) is 0 Å². The average molecular weight is 279 g/mol. The molecular formula is C13H20F3NO2. The number of nitrogens with one attached hydrogen (secondary N) is 1. The molecule has 0 heterocycles. The summed E-state index contributed by atoms with van der Waals surface area (Å²) in [4.78, 5) is 12.0. The van der Waals surface area contributed by atoms with Gasteiger partial charge < -0.3 is 10.4 Å². The van der Waals surface area contributed by atoms with Gasteiger partial charge in [-0.15, -0.1) is 0 Å². The molecule has 0 atom stereocenters. The van der Waals surface area contributed by atoms with Crippen LogP contribution in [0.2, 0.25) is 0 Å². The first-order chi connectivity index (χ1) is 8.86. The van der Waals surface area contributed by atoms with Gasteiger partial charge >= 0.3 is 6.18 Å². The summed E-state index contributed by atoms with van der Waals surface area (Å²) in [5, 5.41) is 12.1. The maximum atomic E-state index is 12.5. The maximum absolute atomic E-state index is 12.5. The van der Waals surface area contributed by atoms with Gasteiger partial charge in [-0.1, -0.05) is 0 Å². The van der Waals surface area contributed by atoms with Gasteiger partial charge in [0.1, 0.15) is 0 Å². The second-order valence-corrected chi connectivity index (χ2v) is 5.87. The molecule has 2 aliphatic rings. The molecule has 0 aromatic carbocycles. The van der Waals surface area contributed by atoms with E-state index in [1.54, 1.807) is 0 Å². The van der Waals surface area contributed by atoms with E-state index in [0.717, 1.165) is 19.3 Å². The van der Waals surface area contributed by atoms with Crippen LogP contribution in [-0.4, -0.2) is 29.3 Å². The predicted octanol–water partition coefficient (Wildman–Crippen LogP) is 2.39. The molecule has 3 nitrogen and oxygen atoms in total. The SMILES string of the molecule is O=C(NC1(CO)CCC1)C1CCC(C(F)(F)F)CC1. The quantitative estimate of drug-likeness (QED) is 0.833. The van der Waals surface area contributed by atoms with Crippen LogP contribution in [0.4, 0.5) is 13.2 Å². The van der Waals surface area contributed by atoms with E-state index in [9.17, 15) is 23.1 Å². The highest BCUT2D eigenvalue weighted by Gasteiger charge is 2.44. The molecule has 0 saturated heterocycles. The van der Waals surface area contributed by atoms with Crippen LogP contribution in [-0.2, 0) is 4.79 Å². The molecule has 0 radical (unpaired) electrons. The van der Waals surface area contributed by atoms with Crippen molar-refractivity contribution in [1.82, 2.24) is 5.32 Å². The van der Waals surface area contributed by atoms with Gasteiger partial charge in [-0.05, 0) is 44.9 Å². The van der Waals surface area contributed by atoms with Crippen molar-refractivity contribution in [1.29, 1.82) is 0 Å². The minimum absolute atomic E-state index is 0.0354. The lowest BCUT2D eigenvalue weighted by Gasteiger charge is -2.42. The van der Waals surface area contributed by atoms with Gasteiger partial charge in [-0.2, -0.15) is 13.2 Å². The highest BCUT2D eigenvalue weighted by molar-refractivity contribution is 5.79. The van der Waals surface area contributed by atoms with Crippen LogP contribution in [0, 0.1) is 11.8 Å². The molecule has 2 saturated carbocycles. The Labute approximate surface area is 110 Å². The third-order valence-electron chi connectivity index (χ3n) is 4.56. The summed E-state index contributed by atoms with van der Waals surface area (Å²) < 4.78 is 37.6. The Morgan fingerprint density at radius 2 is 1.79 bits per heavy atom. The number of hydrogen-bond acceptors (Lipinski definition) is 2. The molecule has 1 amide bonds. The molecule has 0 bridgehead atoms. The molecular weight excluding hydrogens is 259 g/mol. The summed E-state index contributed by atoms with van der Waals surface area (Å²) >= 11 is 0. The van der Waals surface area contributed by atoms with Crippen molar-refractivity contribution in [2.45, 2.75) is 56.7 Å². The molecule has 2 aliphatic carbocycles. The van der Waals surface area contributed by atoms with Crippen LogP contribution < -0.4 is 5.32 Å². The minimum atomic E-state index is -4.14. The third kappa shape index (κ3) is 3.22. The minimum Gasteiger partial charge on any atom is -0.394 e. The second-order valence-electron chi connectivity index (χ2n) is 5.87. The topological polar surface area (TPSA) is 49.3 Å². The van der Waals surface area contributed by atoms with E-state index in [1.165, 1.54) is 0 Å². The smallest absolute Gasteiger partial charge is 0.391 e. The Bertz CT molecular complexity index is 326. The number of aliphatic hydroxyl groups excluding tert-OH is 1. The van der Waals surface area contributed by atoms with Gasteiger partial charge in [0.2, 0.25) is 5.91 Å². The van der Waals surface area contributed by atoms with Crippen molar-refractivity contribution in [3.05, 3.63) is 0 Å². The van der Waals surface area contributed by atoms with Crippen molar-refractivity contribution in [3.8, 4) is 0 Å². The van der Waals surface area contributed by atoms with Crippen LogP contribution in [0.3, 0.4) is 0 Å². The molecule has 2 fully saturated rings. The van der Waals surface area contributed by atoms with Crippen LogP contribution in [0.1, 0.15) is 44.9 Å². The van der Waals surface area contributed by atoms with E-state index in [1.807, 2.05) is 0 Å². The lowest BCUT2D eigenvalue weighted by molar-refractivity contribution is -0.184. The van der Waals surface area contributed by atoms with E-state index < -0.39 is 17.6 Å². The van der Waals surface area contributed by atoms with Gasteiger partial charge in [0, 0.05) is 5.92 Å². The van der Waals surface area contributed by atoms with Crippen LogP contribution in [0.5, 0.6) is 0 Å². The van der Waals surface area contributed by atoms with Crippen LogP contribution in [0.15, 0.2) is 0 Å². The van der Waals surface area contributed by atoms with Crippen molar-refractivity contribution in [2.24, 2.45) is 11.8 Å². The lowest BCUT2D eigenvalue weighted by atomic mass is 9.76. The summed E-state index contributed by atoms with van der Waals surface area (Å²) in [7, 11) is 0. The molecule has 0 aromatic rings. The van der Waals surface area contributed by atoms with Gasteiger partial charge in [-0.25, -0.2) is 0 Å². The first-order valence-electron chi connectivity index (χ1n) is 6.86. The Kier molecular flexibility index (Phi) is 4.08. The number of aliphatic hydroxyl groups is 1. The van der Waals surface area contributed by atoms with Crippen molar-refractivity contribution >= 4 is 5.91 Å². The summed E-state index contributed by atoms with van der Waals surface area (Å²) in [5.74, 6) is -1.77. The van der Waals surface area contributed by atoms with Crippen LogP contribution in [0.25, 0.3) is 0 Å². The first-order valence-corrected chi connectivity index (χ1v) is 6.86. The zero-order chi connectivity index (χ0) is 14.1. The average Bonchev–Trinajstić information content (AvgIpc) is 2.32. The molecule has 0 unspecified atom stereocenters. The Balaban J connectivity index is 1.83. The molecule has 110 valence electrons. The number of rotatable bonds is 3. The lowest BCUT2D eigenvalue weighted by Crippen LogP contribution is -2.57. The van der Waals surface area contributed by atoms with Gasteiger partial charge in [0.05, 0.1) is 18.1 Å². The highest BCUT2D eigenvalue weighted by atomic mass is 19.4. The Hall–Kier alpha value is -0.780. The van der Waals surface area contributed by atoms with Crippen molar-refractivity contribution in [3.63, 3.8) is 0 Å².